The molecule has 1 saturated carbocycles. The summed E-state index contributed by atoms with van der Waals surface area (Å²) in [6.45, 7) is 2.93. The van der Waals surface area contributed by atoms with Crippen LogP contribution in [0.1, 0.15) is 49.3 Å². The summed E-state index contributed by atoms with van der Waals surface area (Å²) in [5.74, 6) is 1.49. The maximum absolute atomic E-state index is 13.0. The molecule has 4 rings (SSSR count). The van der Waals surface area contributed by atoms with Crippen LogP contribution in [-0.4, -0.2) is 48.8 Å². The van der Waals surface area contributed by atoms with Crippen LogP contribution >= 0.6 is 0 Å². The lowest BCUT2D eigenvalue weighted by atomic mass is 9.66. The molecule has 1 aliphatic heterocycles. The number of piperidine rings is 1. The fourth-order valence-electron chi connectivity index (χ4n) is 5.43. The SMILES string of the molecule is COc1ccc(OC)c([C@@H]2[C@H]3CCCC[C@]3(O)CCN2CC(=O)Nc2ccc(C)cc2)c1. The average molecular weight is 439 g/mol. The van der Waals surface area contributed by atoms with Gasteiger partial charge in [0.2, 0.25) is 5.91 Å². The normalized spacial score (nSPS) is 25.6. The van der Waals surface area contributed by atoms with Gasteiger partial charge in [0, 0.05) is 29.8 Å². The Labute approximate surface area is 190 Å². The molecule has 0 unspecified atom stereocenters. The number of hydrogen-bond acceptors (Lipinski definition) is 5. The molecule has 0 bridgehead atoms. The average Bonchev–Trinajstić information content (AvgIpc) is 2.80. The molecule has 2 aromatic carbocycles. The van der Waals surface area contributed by atoms with E-state index in [2.05, 4.69) is 10.2 Å². The molecule has 0 radical (unpaired) electrons. The highest BCUT2D eigenvalue weighted by Gasteiger charge is 2.50. The van der Waals surface area contributed by atoms with Crippen molar-refractivity contribution in [1.29, 1.82) is 0 Å². The number of aryl methyl sites for hydroxylation is 1. The van der Waals surface area contributed by atoms with Crippen molar-refractivity contribution in [1.82, 2.24) is 4.90 Å². The molecule has 1 amide bonds. The van der Waals surface area contributed by atoms with E-state index < -0.39 is 5.60 Å². The first-order valence-electron chi connectivity index (χ1n) is 11.5. The molecule has 1 aliphatic carbocycles. The molecule has 32 heavy (non-hydrogen) atoms. The van der Waals surface area contributed by atoms with E-state index in [9.17, 15) is 9.90 Å². The van der Waals surface area contributed by atoms with Crippen molar-refractivity contribution in [2.75, 3.05) is 32.6 Å². The number of carbonyl (C=O) groups excluding carboxylic acids is 1. The predicted molar refractivity (Wildman–Crippen MR) is 125 cm³/mol. The third-order valence-electron chi connectivity index (χ3n) is 7.11. The smallest absolute Gasteiger partial charge is 0.238 e. The summed E-state index contributed by atoms with van der Waals surface area (Å²) in [7, 11) is 3.31. The summed E-state index contributed by atoms with van der Waals surface area (Å²) in [5.41, 5.74) is 2.21. The first-order valence-corrected chi connectivity index (χ1v) is 11.5. The highest BCUT2D eigenvalue weighted by Crippen LogP contribution is 2.51. The summed E-state index contributed by atoms with van der Waals surface area (Å²) >= 11 is 0. The quantitative estimate of drug-likeness (QED) is 0.703. The van der Waals surface area contributed by atoms with Crippen molar-refractivity contribution in [2.24, 2.45) is 5.92 Å². The molecular formula is C26H34N2O4. The Morgan fingerprint density at radius 3 is 2.62 bits per heavy atom. The van der Waals surface area contributed by atoms with Gasteiger partial charge in [0.25, 0.3) is 0 Å². The molecule has 172 valence electrons. The van der Waals surface area contributed by atoms with Gasteiger partial charge in [0.05, 0.1) is 26.4 Å². The third kappa shape index (κ3) is 4.62. The molecule has 3 atom stereocenters. The molecule has 1 saturated heterocycles. The van der Waals surface area contributed by atoms with Gasteiger partial charge in [-0.05, 0) is 56.5 Å². The Kier molecular flexibility index (Phi) is 6.72. The molecular weight excluding hydrogens is 404 g/mol. The minimum absolute atomic E-state index is 0.0400. The van der Waals surface area contributed by atoms with E-state index in [1.54, 1.807) is 14.2 Å². The lowest BCUT2D eigenvalue weighted by Crippen LogP contribution is -2.56. The van der Waals surface area contributed by atoms with E-state index in [1.165, 1.54) is 0 Å². The van der Waals surface area contributed by atoms with Crippen LogP contribution in [0.15, 0.2) is 42.5 Å². The van der Waals surface area contributed by atoms with Crippen molar-refractivity contribution in [3.8, 4) is 11.5 Å². The zero-order valence-electron chi connectivity index (χ0n) is 19.3. The standard InChI is InChI=1S/C26H34N2O4/c1-18-7-9-19(10-8-18)27-24(29)17-28-15-14-26(30)13-5-4-6-22(26)25(28)21-16-20(31-2)11-12-23(21)32-3/h7-12,16,22,25,30H,4-6,13-15,17H2,1-3H3,(H,27,29)/t22-,25-,26+/m1/s1. The number of nitrogens with one attached hydrogen (secondary N) is 1. The number of rotatable bonds is 6. The Hall–Kier alpha value is -2.57. The highest BCUT2D eigenvalue weighted by molar-refractivity contribution is 5.92. The number of aliphatic hydroxyl groups is 1. The van der Waals surface area contributed by atoms with Crippen LogP contribution in [-0.2, 0) is 4.79 Å². The van der Waals surface area contributed by atoms with Gasteiger partial charge in [0.1, 0.15) is 11.5 Å². The van der Waals surface area contributed by atoms with Crippen LogP contribution in [0.5, 0.6) is 11.5 Å². The van der Waals surface area contributed by atoms with Gasteiger partial charge in [-0.25, -0.2) is 0 Å². The lowest BCUT2D eigenvalue weighted by Gasteiger charge is -2.52. The molecule has 2 N–H and O–H groups in total. The maximum Gasteiger partial charge on any atom is 0.238 e. The van der Waals surface area contributed by atoms with Crippen molar-refractivity contribution in [3.63, 3.8) is 0 Å². The van der Waals surface area contributed by atoms with E-state index in [0.29, 0.717) is 13.0 Å². The summed E-state index contributed by atoms with van der Waals surface area (Å²) in [4.78, 5) is 15.2. The molecule has 6 heteroatoms. The van der Waals surface area contributed by atoms with E-state index in [4.69, 9.17) is 9.47 Å². The number of anilines is 1. The Balaban J connectivity index is 1.64. The fraction of sp³-hybridized carbons (Fsp3) is 0.500. The Morgan fingerprint density at radius 2 is 1.91 bits per heavy atom. The van der Waals surface area contributed by atoms with E-state index >= 15 is 0 Å². The van der Waals surface area contributed by atoms with Crippen LogP contribution < -0.4 is 14.8 Å². The lowest BCUT2D eigenvalue weighted by molar-refractivity contribution is -0.135. The van der Waals surface area contributed by atoms with E-state index in [-0.39, 0.29) is 24.4 Å². The van der Waals surface area contributed by atoms with Crippen LogP contribution in [0.4, 0.5) is 5.69 Å². The monoisotopic (exact) mass is 438 g/mol. The van der Waals surface area contributed by atoms with Crippen molar-refractivity contribution >= 4 is 11.6 Å². The van der Waals surface area contributed by atoms with Crippen LogP contribution in [0, 0.1) is 12.8 Å². The van der Waals surface area contributed by atoms with Crippen LogP contribution in [0.3, 0.4) is 0 Å². The number of ether oxygens (including phenoxy) is 2. The number of likely N-dealkylation sites (tertiary alicyclic amines) is 1. The van der Waals surface area contributed by atoms with Gasteiger partial charge >= 0.3 is 0 Å². The van der Waals surface area contributed by atoms with Gasteiger partial charge in [-0.1, -0.05) is 30.5 Å². The number of carbonyl (C=O) groups is 1. The zero-order chi connectivity index (χ0) is 22.7. The van der Waals surface area contributed by atoms with E-state index in [1.807, 2.05) is 49.4 Å². The Bertz CT molecular complexity index is 945. The topological polar surface area (TPSA) is 71.0 Å². The second-order valence-electron chi connectivity index (χ2n) is 9.14. The summed E-state index contributed by atoms with van der Waals surface area (Å²) in [5, 5.41) is 14.5. The largest absolute Gasteiger partial charge is 0.497 e. The molecule has 0 aromatic heterocycles. The van der Waals surface area contributed by atoms with Crippen LogP contribution in [0.25, 0.3) is 0 Å². The summed E-state index contributed by atoms with van der Waals surface area (Å²) in [6, 6.07) is 13.5. The summed E-state index contributed by atoms with van der Waals surface area (Å²) in [6.07, 6.45) is 4.54. The van der Waals surface area contributed by atoms with Crippen molar-refractivity contribution in [3.05, 3.63) is 53.6 Å². The van der Waals surface area contributed by atoms with Crippen LogP contribution in [0.2, 0.25) is 0 Å². The molecule has 0 spiro atoms. The first kappa shape index (κ1) is 22.6. The number of fused-ring (bicyclic) bond motifs is 1. The van der Waals surface area contributed by atoms with Gasteiger partial charge in [0.15, 0.2) is 0 Å². The van der Waals surface area contributed by atoms with Crippen molar-refractivity contribution in [2.45, 2.75) is 50.7 Å². The fourth-order valence-corrected chi connectivity index (χ4v) is 5.43. The van der Waals surface area contributed by atoms with Gasteiger partial charge in [-0.3, -0.25) is 9.69 Å². The second-order valence-corrected chi connectivity index (χ2v) is 9.14. The number of hydrogen-bond donors (Lipinski definition) is 2. The maximum atomic E-state index is 13.0. The zero-order valence-corrected chi connectivity index (χ0v) is 19.3. The van der Waals surface area contributed by atoms with E-state index in [0.717, 1.165) is 54.0 Å². The molecule has 2 fully saturated rings. The third-order valence-corrected chi connectivity index (χ3v) is 7.11. The van der Waals surface area contributed by atoms with Gasteiger partial charge in [-0.15, -0.1) is 0 Å². The first-order chi connectivity index (χ1) is 15.4. The van der Waals surface area contributed by atoms with Gasteiger partial charge in [-0.2, -0.15) is 0 Å². The number of nitrogens with zero attached hydrogens (tertiary/aromatic N) is 1. The molecule has 2 aromatic rings. The number of benzene rings is 2. The number of methoxy groups -OCH3 is 2. The molecule has 2 aliphatic rings. The minimum atomic E-state index is -0.707. The summed E-state index contributed by atoms with van der Waals surface area (Å²) < 4.78 is 11.2. The minimum Gasteiger partial charge on any atom is -0.497 e. The molecule has 6 nitrogen and oxygen atoms in total. The Morgan fingerprint density at radius 1 is 1.12 bits per heavy atom. The molecule has 1 heterocycles. The predicted octanol–water partition coefficient (Wildman–Crippen LogP) is 4.32. The second kappa shape index (κ2) is 9.51. The van der Waals surface area contributed by atoms with Crippen molar-refractivity contribution < 1.29 is 19.4 Å². The number of amides is 1. The van der Waals surface area contributed by atoms with Gasteiger partial charge < -0.3 is 19.9 Å². The highest BCUT2D eigenvalue weighted by atomic mass is 16.5.